The Kier molecular flexibility index (Phi) is 5.30. The van der Waals surface area contributed by atoms with Crippen LogP contribution in [0, 0.1) is 0 Å². The van der Waals surface area contributed by atoms with Crippen molar-refractivity contribution >= 4 is 40.6 Å². The molecule has 4 nitrogen and oxygen atoms in total. The molecule has 2 aromatic rings. The van der Waals surface area contributed by atoms with Gasteiger partial charge in [-0.1, -0.05) is 29.3 Å². The number of carbonyl (C=O) groups excluding carboxylic acids is 2. The molecule has 0 radical (unpaired) electrons. The molecule has 6 heteroatoms. The van der Waals surface area contributed by atoms with Crippen LogP contribution in [0.4, 0.5) is 5.69 Å². The van der Waals surface area contributed by atoms with Gasteiger partial charge in [0.1, 0.15) is 5.75 Å². The molecule has 0 spiro atoms. The van der Waals surface area contributed by atoms with E-state index in [4.69, 9.17) is 27.9 Å². The Morgan fingerprint density at radius 1 is 1.12 bits per heavy atom. The van der Waals surface area contributed by atoms with E-state index in [0.29, 0.717) is 5.02 Å². The van der Waals surface area contributed by atoms with Gasteiger partial charge in [0, 0.05) is 10.7 Å². The summed E-state index contributed by atoms with van der Waals surface area (Å²) in [5.41, 5.74) is 3.61. The fourth-order valence-corrected chi connectivity index (χ4v) is 3.50. The van der Waals surface area contributed by atoms with E-state index in [-0.39, 0.29) is 34.6 Å². The number of halogens is 2. The number of rotatable bonds is 5. The Bertz CT molecular complexity index is 849. The zero-order valence-corrected chi connectivity index (χ0v) is 15.2. The van der Waals surface area contributed by atoms with Gasteiger partial charge in [0.25, 0.3) is 5.91 Å². The molecule has 0 unspecified atom stereocenters. The Hall–Kier alpha value is -2.04. The van der Waals surface area contributed by atoms with Crippen LogP contribution in [0.1, 0.15) is 34.8 Å². The molecule has 0 aromatic heterocycles. The molecule has 130 valence electrons. The summed E-state index contributed by atoms with van der Waals surface area (Å²) in [4.78, 5) is 23.9. The van der Waals surface area contributed by atoms with Gasteiger partial charge in [0.15, 0.2) is 12.4 Å². The highest BCUT2D eigenvalue weighted by Crippen LogP contribution is 2.33. The van der Waals surface area contributed by atoms with Crippen LogP contribution in [-0.2, 0) is 17.6 Å². The lowest BCUT2D eigenvalue weighted by Crippen LogP contribution is -2.21. The number of nitrogens with one attached hydrogen (secondary N) is 1. The fraction of sp³-hybridized carbons (Fsp3) is 0.263. The summed E-state index contributed by atoms with van der Waals surface area (Å²) in [5.74, 6) is -0.389. The summed E-state index contributed by atoms with van der Waals surface area (Å²) < 4.78 is 5.49. The number of ketones is 1. The number of hydrogen-bond donors (Lipinski definition) is 1. The predicted molar refractivity (Wildman–Crippen MR) is 99.1 cm³/mol. The second-order valence-corrected chi connectivity index (χ2v) is 6.84. The minimum Gasteiger partial charge on any atom is -0.481 e. The van der Waals surface area contributed by atoms with Crippen LogP contribution < -0.4 is 10.1 Å². The summed E-state index contributed by atoms with van der Waals surface area (Å²) in [6.07, 6.45) is 3.28. The molecule has 2 aromatic carbocycles. The third kappa shape index (κ3) is 4.14. The van der Waals surface area contributed by atoms with Gasteiger partial charge in [-0.2, -0.15) is 0 Å². The molecule has 0 aliphatic heterocycles. The quantitative estimate of drug-likeness (QED) is 0.768. The number of anilines is 1. The number of Topliss-reactive ketones (excluding diaryl/α,β-unsaturated/α-hetero) is 1. The number of benzene rings is 2. The van der Waals surface area contributed by atoms with E-state index < -0.39 is 0 Å². The molecular formula is C19H17Cl2NO3. The first-order chi connectivity index (χ1) is 11.9. The standard InChI is InChI=1S/C19H17Cl2NO3/c1-11(23)16-8-14(20)9-17(21)19(16)25-10-18(24)22-15-6-5-12-3-2-4-13(12)7-15/h5-9H,2-4,10H2,1H3,(H,22,24). The van der Waals surface area contributed by atoms with E-state index in [2.05, 4.69) is 5.32 Å². The summed E-state index contributed by atoms with van der Waals surface area (Å²) in [6.45, 7) is 1.14. The average Bonchev–Trinajstić information content (AvgIpc) is 3.00. The van der Waals surface area contributed by atoms with Crippen molar-refractivity contribution in [1.82, 2.24) is 0 Å². The molecule has 0 fully saturated rings. The van der Waals surface area contributed by atoms with Gasteiger partial charge < -0.3 is 10.1 Å². The maximum absolute atomic E-state index is 12.2. The van der Waals surface area contributed by atoms with Gasteiger partial charge in [-0.3, -0.25) is 9.59 Å². The molecule has 0 saturated heterocycles. The monoisotopic (exact) mass is 377 g/mol. The lowest BCUT2D eigenvalue weighted by atomic mass is 10.1. The summed E-state index contributed by atoms with van der Waals surface area (Å²) in [7, 11) is 0. The highest BCUT2D eigenvalue weighted by molar-refractivity contribution is 6.36. The third-order valence-electron chi connectivity index (χ3n) is 4.12. The maximum atomic E-state index is 12.2. The fourth-order valence-electron chi connectivity index (χ4n) is 2.95. The van der Waals surface area contributed by atoms with Crippen molar-refractivity contribution in [3.05, 3.63) is 57.1 Å². The van der Waals surface area contributed by atoms with Crippen LogP contribution in [0.25, 0.3) is 0 Å². The number of aryl methyl sites for hydroxylation is 2. The first-order valence-corrected chi connectivity index (χ1v) is 8.74. The highest BCUT2D eigenvalue weighted by atomic mass is 35.5. The smallest absolute Gasteiger partial charge is 0.262 e. The van der Waals surface area contributed by atoms with Crippen LogP contribution in [-0.4, -0.2) is 18.3 Å². The maximum Gasteiger partial charge on any atom is 0.262 e. The zero-order chi connectivity index (χ0) is 18.0. The van der Waals surface area contributed by atoms with E-state index >= 15 is 0 Å². The summed E-state index contributed by atoms with van der Waals surface area (Å²) in [5, 5.41) is 3.34. The van der Waals surface area contributed by atoms with Gasteiger partial charge in [-0.05, 0) is 61.6 Å². The van der Waals surface area contributed by atoms with E-state index in [0.717, 1.165) is 24.9 Å². The van der Waals surface area contributed by atoms with Crippen LogP contribution in [0.3, 0.4) is 0 Å². The van der Waals surface area contributed by atoms with Crippen molar-refractivity contribution < 1.29 is 14.3 Å². The molecule has 1 N–H and O–H groups in total. The van der Waals surface area contributed by atoms with E-state index in [1.807, 2.05) is 18.2 Å². The molecule has 3 rings (SSSR count). The van der Waals surface area contributed by atoms with Crippen LogP contribution in [0.15, 0.2) is 30.3 Å². The number of carbonyl (C=O) groups is 2. The summed E-state index contributed by atoms with van der Waals surface area (Å²) in [6, 6.07) is 8.88. The van der Waals surface area contributed by atoms with Crippen molar-refractivity contribution in [2.75, 3.05) is 11.9 Å². The normalized spacial score (nSPS) is 12.6. The largest absolute Gasteiger partial charge is 0.481 e. The SMILES string of the molecule is CC(=O)c1cc(Cl)cc(Cl)c1OCC(=O)Nc1ccc2c(c1)CCC2. The number of amides is 1. The lowest BCUT2D eigenvalue weighted by Gasteiger charge is -2.13. The van der Waals surface area contributed by atoms with Crippen molar-refractivity contribution in [3.8, 4) is 5.75 Å². The van der Waals surface area contributed by atoms with Gasteiger partial charge in [-0.15, -0.1) is 0 Å². The van der Waals surface area contributed by atoms with Crippen LogP contribution in [0.5, 0.6) is 5.75 Å². The molecule has 0 atom stereocenters. The number of hydrogen-bond acceptors (Lipinski definition) is 3. The van der Waals surface area contributed by atoms with Crippen molar-refractivity contribution in [3.63, 3.8) is 0 Å². The van der Waals surface area contributed by atoms with Crippen molar-refractivity contribution in [1.29, 1.82) is 0 Å². The van der Waals surface area contributed by atoms with Crippen molar-refractivity contribution in [2.45, 2.75) is 26.2 Å². The first kappa shape index (κ1) is 17.8. The van der Waals surface area contributed by atoms with Gasteiger partial charge in [0.05, 0.1) is 10.6 Å². The molecule has 0 heterocycles. The minimum atomic E-state index is -0.321. The van der Waals surface area contributed by atoms with Crippen molar-refractivity contribution in [2.24, 2.45) is 0 Å². The highest BCUT2D eigenvalue weighted by Gasteiger charge is 2.16. The van der Waals surface area contributed by atoms with E-state index in [9.17, 15) is 9.59 Å². The average molecular weight is 378 g/mol. The molecular weight excluding hydrogens is 361 g/mol. The molecule has 0 saturated carbocycles. The molecule has 1 aliphatic rings. The van der Waals surface area contributed by atoms with Gasteiger partial charge >= 0.3 is 0 Å². The van der Waals surface area contributed by atoms with E-state index in [1.54, 1.807) is 0 Å². The van der Waals surface area contributed by atoms with Crippen LogP contribution in [0.2, 0.25) is 10.0 Å². The minimum absolute atomic E-state index is 0.169. The number of fused-ring (bicyclic) bond motifs is 1. The second-order valence-electron chi connectivity index (χ2n) is 5.99. The molecule has 1 aliphatic carbocycles. The Morgan fingerprint density at radius 2 is 1.88 bits per heavy atom. The Morgan fingerprint density at radius 3 is 2.64 bits per heavy atom. The number of ether oxygens (including phenoxy) is 1. The Balaban J connectivity index is 1.68. The third-order valence-corrected chi connectivity index (χ3v) is 4.62. The topological polar surface area (TPSA) is 55.4 Å². The zero-order valence-electron chi connectivity index (χ0n) is 13.7. The second kappa shape index (κ2) is 7.46. The molecule has 25 heavy (non-hydrogen) atoms. The molecule has 0 bridgehead atoms. The van der Waals surface area contributed by atoms with E-state index in [1.165, 1.54) is 30.2 Å². The van der Waals surface area contributed by atoms with Gasteiger partial charge in [0.2, 0.25) is 0 Å². The Labute approximate surface area is 156 Å². The predicted octanol–water partition coefficient (Wildman–Crippen LogP) is 4.70. The summed E-state index contributed by atoms with van der Waals surface area (Å²) >= 11 is 12.0. The lowest BCUT2D eigenvalue weighted by molar-refractivity contribution is -0.118. The van der Waals surface area contributed by atoms with Gasteiger partial charge in [-0.25, -0.2) is 0 Å². The first-order valence-electron chi connectivity index (χ1n) is 7.98. The van der Waals surface area contributed by atoms with Crippen LogP contribution >= 0.6 is 23.2 Å². The molecule has 1 amide bonds.